The summed E-state index contributed by atoms with van der Waals surface area (Å²) in [7, 11) is 0. The fourth-order valence-electron chi connectivity index (χ4n) is 1.99. The number of aromatic nitrogens is 2. The first-order valence-corrected chi connectivity index (χ1v) is 6.50. The highest BCUT2D eigenvalue weighted by Gasteiger charge is 2.19. The first kappa shape index (κ1) is 12.8. The lowest BCUT2D eigenvalue weighted by atomic mass is 10.1. The molecule has 0 aliphatic carbocycles. The van der Waals surface area contributed by atoms with Crippen LogP contribution in [0.5, 0.6) is 0 Å². The number of fused-ring (bicyclic) bond motifs is 1. The highest BCUT2D eigenvalue weighted by atomic mass is 35.5. The smallest absolute Gasteiger partial charge is 0.164 e. The number of nitrogens with zero attached hydrogens (tertiary/aromatic N) is 2. The molecule has 0 saturated carbocycles. The SMILES string of the molecule is Fc1c(Cl)cccc1-c1nc(Cl)c2c(n1)CCOC2. The third kappa shape index (κ3) is 2.31. The Morgan fingerprint density at radius 1 is 1.21 bits per heavy atom. The molecule has 0 amide bonds. The minimum absolute atomic E-state index is 0.0401. The molecule has 19 heavy (non-hydrogen) atoms. The van der Waals surface area contributed by atoms with Gasteiger partial charge in [-0.05, 0) is 12.1 Å². The first-order chi connectivity index (χ1) is 9.16. The van der Waals surface area contributed by atoms with Crippen molar-refractivity contribution in [3.63, 3.8) is 0 Å². The van der Waals surface area contributed by atoms with E-state index in [9.17, 15) is 4.39 Å². The lowest BCUT2D eigenvalue weighted by molar-refractivity contribution is 0.109. The molecule has 0 fully saturated rings. The zero-order valence-electron chi connectivity index (χ0n) is 9.79. The standard InChI is InChI=1S/C13H9Cl2FN2O/c14-9-3-1-2-7(11(9)16)13-17-10-4-5-19-6-8(10)12(15)18-13/h1-3H,4-6H2. The summed E-state index contributed by atoms with van der Waals surface area (Å²) in [6, 6.07) is 4.72. The van der Waals surface area contributed by atoms with Gasteiger partial charge >= 0.3 is 0 Å². The molecule has 6 heteroatoms. The van der Waals surface area contributed by atoms with Crippen molar-refractivity contribution >= 4 is 23.2 Å². The van der Waals surface area contributed by atoms with E-state index in [2.05, 4.69) is 9.97 Å². The Kier molecular flexibility index (Phi) is 3.39. The summed E-state index contributed by atoms with van der Waals surface area (Å²) in [4.78, 5) is 8.51. The Hall–Kier alpha value is -1.23. The normalized spacial score (nSPS) is 14.3. The third-order valence-electron chi connectivity index (χ3n) is 2.96. The summed E-state index contributed by atoms with van der Waals surface area (Å²) in [5.74, 6) is -0.280. The van der Waals surface area contributed by atoms with Gasteiger partial charge in [0.15, 0.2) is 11.6 Å². The minimum atomic E-state index is -0.535. The maximum atomic E-state index is 14.0. The van der Waals surface area contributed by atoms with Crippen molar-refractivity contribution in [2.45, 2.75) is 13.0 Å². The molecule has 3 nitrogen and oxygen atoms in total. The van der Waals surface area contributed by atoms with Crippen LogP contribution >= 0.6 is 23.2 Å². The molecular weight excluding hydrogens is 290 g/mol. The maximum absolute atomic E-state index is 14.0. The van der Waals surface area contributed by atoms with Gasteiger partial charge in [0, 0.05) is 12.0 Å². The zero-order valence-corrected chi connectivity index (χ0v) is 11.3. The van der Waals surface area contributed by atoms with Crippen LogP contribution < -0.4 is 0 Å². The molecule has 2 aromatic rings. The maximum Gasteiger partial charge on any atom is 0.164 e. The molecule has 2 heterocycles. The molecule has 1 aliphatic rings. The fourth-order valence-corrected chi connectivity index (χ4v) is 2.41. The van der Waals surface area contributed by atoms with Crippen LogP contribution in [0.15, 0.2) is 18.2 Å². The van der Waals surface area contributed by atoms with Gasteiger partial charge in [-0.2, -0.15) is 0 Å². The van der Waals surface area contributed by atoms with Crippen LogP contribution in [0.1, 0.15) is 11.3 Å². The van der Waals surface area contributed by atoms with Gasteiger partial charge in [-0.25, -0.2) is 14.4 Å². The van der Waals surface area contributed by atoms with Crippen molar-refractivity contribution in [2.75, 3.05) is 6.61 Å². The second-order valence-electron chi connectivity index (χ2n) is 4.17. The molecule has 0 N–H and O–H groups in total. The van der Waals surface area contributed by atoms with Gasteiger partial charge in [0.1, 0.15) is 5.15 Å². The van der Waals surface area contributed by atoms with Crippen molar-refractivity contribution < 1.29 is 9.13 Å². The Labute approximate surface area is 119 Å². The highest BCUT2D eigenvalue weighted by molar-refractivity contribution is 6.31. The molecule has 0 saturated heterocycles. The van der Waals surface area contributed by atoms with Crippen molar-refractivity contribution in [3.8, 4) is 11.4 Å². The third-order valence-corrected chi connectivity index (χ3v) is 3.57. The number of hydrogen-bond donors (Lipinski definition) is 0. The largest absolute Gasteiger partial charge is 0.376 e. The monoisotopic (exact) mass is 298 g/mol. The summed E-state index contributed by atoms with van der Waals surface area (Å²) >= 11 is 11.9. The highest BCUT2D eigenvalue weighted by Crippen LogP contribution is 2.29. The fraction of sp³-hybridized carbons (Fsp3) is 0.231. The van der Waals surface area contributed by atoms with Gasteiger partial charge in [0.05, 0.1) is 29.5 Å². The lowest BCUT2D eigenvalue weighted by Crippen LogP contribution is -2.14. The Morgan fingerprint density at radius 2 is 2.05 bits per heavy atom. The summed E-state index contributed by atoms with van der Waals surface area (Å²) in [5.41, 5.74) is 1.84. The Bertz CT molecular complexity index is 649. The van der Waals surface area contributed by atoms with E-state index >= 15 is 0 Å². The van der Waals surface area contributed by atoms with Gasteiger partial charge in [-0.1, -0.05) is 29.3 Å². The van der Waals surface area contributed by atoms with Crippen molar-refractivity contribution in [2.24, 2.45) is 0 Å². The average Bonchev–Trinajstić information content (AvgIpc) is 2.42. The van der Waals surface area contributed by atoms with Crippen molar-refractivity contribution in [1.29, 1.82) is 0 Å². The summed E-state index contributed by atoms with van der Waals surface area (Å²) in [6.07, 6.45) is 0.646. The molecule has 0 unspecified atom stereocenters. The predicted molar refractivity (Wildman–Crippen MR) is 70.8 cm³/mol. The summed E-state index contributed by atoms with van der Waals surface area (Å²) in [5, 5.41) is 0.345. The van der Waals surface area contributed by atoms with Crippen LogP contribution in [0, 0.1) is 5.82 Å². The molecule has 1 aliphatic heterocycles. The van der Waals surface area contributed by atoms with Crippen LogP contribution in [0.3, 0.4) is 0 Å². The van der Waals surface area contributed by atoms with Crippen LogP contribution in [-0.2, 0) is 17.8 Å². The lowest BCUT2D eigenvalue weighted by Gasteiger charge is -2.17. The van der Waals surface area contributed by atoms with E-state index in [0.29, 0.717) is 24.8 Å². The quantitative estimate of drug-likeness (QED) is 0.754. The zero-order chi connectivity index (χ0) is 13.4. The number of rotatable bonds is 1. The van der Waals surface area contributed by atoms with E-state index in [-0.39, 0.29) is 16.4 Å². The van der Waals surface area contributed by atoms with Crippen molar-refractivity contribution in [1.82, 2.24) is 9.97 Å². The Balaban J connectivity index is 2.16. The van der Waals surface area contributed by atoms with Gasteiger partial charge in [-0.3, -0.25) is 0 Å². The number of benzene rings is 1. The first-order valence-electron chi connectivity index (χ1n) is 5.74. The minimum Gasteiger partial charge on any atom is -0.376 e. The molecule has 0 bridgehead atoms. The second kappa shape index (κ2) is 5.04. The van der Waals surface area contributed by atoms with E-state index < -0.39 is 5.82 Å². The topological polar surface area (TPSA) is 35.0 Å². The van der Waals surface area contributed by atoms with Gasteiger partial charge < -0.3 is 4.74 Å². The average molecular weight is 299 g/mol. The molecule has 1 aromatic carbocycles. The van der Waals surface area contributed by atoms with Gasteiger partial charge in [0.2, 0.25) is 0 Å². The van der Waals surface area contributed by atoms with E-state index in [1.165, 1.54) is 6.07 Å². The number of halogens is 3. The Morgan fingerprint density at radius 3 is 2.89 bits per heavy atom. The molecular formula is C13H9Cl2FN2O. The molecule has 98 valence electrons. The van der Waals surface area contributed by atoms with Crippen LogP contribution in [-0.4, -0.2) is 16.6 Å². The van der Waals surface area contributed by atoms with Gasteiger partial charge in [-0.15, -0.1) is 0 Å². The molecule has 1 aromatic heterocycles. The molecule has 0 spiro atoms. The van der Waals surface area contributed by atoms with E-state index in [0.717, 1.165) is 11.3 Å². The van der Waals surface area contributed by atoms with Crippen LogP contribution in [0.2, 0.25) is 10.2 Å². The molecule has 0 atom stereocenters. The number of hydrogen-bond acceptors (Lipinski definition) is 3. The summed E-state index contributed by atoms with van der Waals surface area (Å²) < 4.78 is 19.3. The van der Waals surface area contributed by atoms with E-state index in [1.807, 2.05) is 0 Å². The van der Waals surface area contributed by atoms with Crippen LogP contribution in [0.4, 0.5) is 4.39 Å². The van der Waals surface area contributed by atoms with E-state index in [1.54, 1.807) is 12.1 Å². The predicted octanol–water partition coefficient (Wildman–Crippen LogP) is 3.66. The number of ether oxygens (including phenoxy) is 1. The van der Waals surface area contributed by atoms with E-state index in [4.69, 9.17) is 27.9 Å². The summed E-state index contributed by atoms with van der Waals surface area (Å²) in [6.45, 7) is 0.976. The van der Waals surface area contributed by atoms with Crippen molar-refractivity contribution in [3.05, 3.63) is 45.4 Å². The molecule has 3 rings (SSSR count). The van der Waals surface area contributed by atoms with Crippen LogP contribution in [0.25, 0.3) is 11.4 Å². The van der Waals surface area contributed by atoms with Gasteiger partial charge in [0.25, 0.3) is 0 Å². The molecule has 0 radical (unpaired) electrons. The second-order valence-corrected chi connectivity index (χ2v) is 4.93.